The van der Waals surface area contributed by atoms with Gasteiger partial charge < -0.3 is 10.6 Å². The van der Waals surface area contributed by atoms with Gasteiger partial charge in [0.15, 0.2) is 0 Å². The highest BCUT2D eigenvalue weighted by Gasteiger charge is 2.23. The number of carbonyl (C=O) groups excluding carboxylic acids is 1. The summed E-state index contributed by atoms with van der Waals surface area (Å²) in [5.74, 6) is -0.307. The van der Waals surface area contributed by atoms with Crippen LogP contribution in [0.4, 0.5) is 0 Å². The summed E-state index contributed by atoms with van der Waals surface area (Å²) >= 11 is 0. The fraction of sp³-hybridized carbons (Fsp3) is 0.562. The molecule has 0 radical (unpaired) electrons. The molecule has 1 aromatic carbocycles. The second kappa shape index (κ2) is 8.42. The Hall–Kier alpha value is -1.44. The molecule has 1 saturated heterocycles. The molecule has 3 N–H and O–H groups in total. The zero-order valence-electron chi connectivity index (χ0n) is 13.3. The zero-order valence-corrected chi connectivity index (χ0v) is 14.1. The van der Waals surface area contributed by atoms with Gasteiger partial charge in [-0.25, -0.2) is 13.1 Å². The first kappa shape index (κ1) is 17.9. The van der Waals surface area contributed by atoms with Crippen LogP contribution in [-0.2, 0) is 20.6 Å². The summed E-state index contributed by atoms with van der Waals surface area (Å²) < 4.78 is 26.6. The van der Waals surface area contributed by atoms with Crippen LogP contribution in [-0.4, -0.2) is 45.4 Å². The predicted octanol–water partition coefficient (Wildman–Crippen LogP) is 0.693. The van der Waals surface area contributed by atoms with Gasteiger partial charge in [0.25, 0.3) is 0 Å². The Kier molecular flexibility index (Phi) is 6.56. The van der Waals surface area contributed by atoms with Gasteiger partial charge >= 0.3 is 0 Å². The first-order chi connectivity index (χ1) is 11.0. The van der Waals surface area contributed by atoms with E-state index < -0.39 is 10.0 Å². The number of carbonyl (C=O) groups is 1. The van der Waals surface area contributed by atoms with Crippen LogP contribution in [0.25, 0.3) is 0 Å². The molecule has 0 aliphatic carbocycles. The molecule has 1 unspecified atom stereocenters. The monoisotopic (exact) mass is 339 g/mol. The molecule has 0 spiro atoms. The molecule has 128 valence electrons. The number of rotatable bonds is 8. The lowest BCUT2D eigenvalue weighted by atomic mass is 9.97. The van der Waals surface area contributed by atoms with Gasteiger partial charge in [-0.05, 0) is 37.9 Å². The molecular weight excluding hydrogens is 314 g/mol. The highest BCUT2D eigenvalue weighted by atomic mass is 32.2. The number of hydrogen-bond donors (Lipinski definition) is 2. The number of piperidine rings is 1. The van der Waals surface area contributed by atoms with Crippen LogP contribution in [0.15, 0.2) is 30.3 Å². The van der Waals surface area contributed by atoms with Crippen molar-refractivity contribution >= 4 is 15.9 Å². The molecular formula is C16H25N3O3S. The summed E-state index contributed by atoms with van der Waals surface area (Å²) in [6.07, 6.45) is 2.54. The number of sulfonamides is 1. The number of benzene rings is 1. The van der Waals surface area contributed by atoms with Crippen molar-refractivity contribution in [3.8, 4) is 0 Å². The predicted molar refractivity (Wildman–Crippen MR) is 90.0 cm³/mol. The topological polar surface area (TPSA) is 92.5 Å². The summed E-state index contributed by atoms with van der Waals surface area (Å²) in [5, 5.41) is 0. The SMILES string of the molecule is NC(=O)C1CCCN(CCCNS(=O)(=O)Cc2ccccc2)C1. The molecule has 0 saturated carbocycles. The Balaban J connectivity index is 1.69. The average Bonchev–Trinajstić information content (AvgIpc) is 2.52. The largest absolute Gasteiger partial charge is 0.369 e. The van der Waals surface area contributed by atoms with Gasteiger partial charge in [0.05, 0.1) is 11.7 Å². The molecule has 23 heavy (non-hydrogen) atoms. The molecule has 1 atom stereocenters. The van der Waals surface area contributed by atoms with Crippen LogP contribution < -0.4 is 10.5 Å². The first-order valence-corrected chi connectivity index (χ1v) is 9.64. The van der Waals surface area contributed by atoms with Crippen LogP contribution in [0.1, 0.15) is 24.8 Å². The molecule has 7 heteroatoms. The van der Waals surface area contributed by atoms with Crippen molar-refractivity contribution in [3.05, 3.63) is 35.9 Å². The molecule has 2 rings (SSSR count). The molecule has 1 amide bonds. The molecule has 1 heterocycles. The van der Waals surface area contributed by atoms with E-state index in [-0.39, 0.29) is 17.6 Å². The molecule has 1 aliphatic heterocycles. The van der Waals surface area contributed by atoms with Gasteiger partial charge in [-0.15, -0.1) is 0 Å². The smallest absolute Gasteiger partial charge is 0.221 e. The molecule has 1 aromatic rings. The third-order valence-corrected chi connectivity index (χ3v) is 5.44. The number of nitrogens with one attached hydrogen (secondary N) is 1. The van der Waals surface area contributed by atoms with E-state index in [0.717, 1.165) is 37.9 Å². The van der Waals surface area contributed by atoms with Crippen LogP contribution in [0, 0.1) is 5.92 Å². The van der Waals surface area contributed by atoms with Gasteiger partial charge in [-0.1, -0.05) is 30.3 Å². The van der Waals surface area contributed by atoms with E-state index in [0.29, 0.717) is 13.1 Å². The normalized spacial score (nSPS) is 19.6. The minimum absolute atomic E-state index is 0.00129. The third kappa shape index (κ3) is 6.29. The van der Waals surface area contributed by atoms with Crippen LogP contribution >= 0.6 is 0 Å². The molecule has 1 fully saturated rings. The van der Waals surface area contributed by atoms with E-state index in [9.17, 15) is 13.2 Å². The summed E-state index contributed by atoms with van der Waals surface area (Å²) in [5.41, 5.74) is 6.14. The van der Waals surface area contributed by atoms with Crippen LogP contribution in [0.5, 0.6) is 0 Å². The minimum Gasteiger partial charge on any atom is -0.369 e. The number of nitrogens with two attached hydrogens (primary N) is 1. The lowest BCUT2D eigenvalue weighted by Crippen LogP contribution is -2.42. The maximum Gasteiger partial charge on any atom is 0.221 e. The molecule has 0 aromatic heterocycles. The van der Waals surface area contributed by atoms with Crippen LogP contribution in [0.3, 0.4) is 0 Å². The maximum absolute atomic E-state index is 12.0. The van der Waals surface area contributed by atoms with E-state index in [1.807, 2.05) is 18.2 Å². The van der Waals surface area contributed by atoms with Crippen LogP contribution in [0.2, 0.25) is 0 Å². The van der Waals surface area contributed by atoms with Crippen molar-refractivity contribution in [1.82, 2.24) is 9.62 Å². The number of primary amides is 1. The lowest BCUT2D eigenvalue weighted by Gasteiger charge is -2.31. The summed E-state index contributed by atoms with van der Waals surface area (Å²) in [7, 11) is -3.30. The number of likely N-dealkylation sites (tertiary alicyclic amines) is 1. The molecule has 0 bridgehead atoms. The van der Waals surface area contributed by atoms with E-state index in [2.05, 4.69) is 9.62 Å². The Morgan fingerprint density at radius 3 is 2.74 bits per heavy atom. The van der Waals surface area contributed by atoms with Gasteiger partial charge in [0.2, 0.25) is 15.9 Å². The average molecular weight is 339 g/mol. The highest BCUT2D eigenvalue weighted by Crippen LogP contribution is 2.15. The lowest BCUT2D eigenvalue weighted by molar-refractivity contribution is -0.123. The van der Waals surface area contributed by atoms with Crippen molar-refractivity contribution in [3.63, 3.8) is 0 Å². The summed E-state index contributed by atoms with van der Waals surface area (Å²) in [6.45, 7) is 2.82. The van der Waals surface area contributed by atoms with Crippen molar-refractivity contribution < 1.29 is 13.2 Å². The van der Waals surface area contributed by atoms with E-state index in [4.69, 9.17) is 5.73 Å². The highest BCUT2D eigenvalue weighted by molar-refractivity contribution is 7.88. The minimum atomic E-state index is -3.30. The van der Waals surface area contributed by atoms with E-state index in [1.165, 1.54) is 0 Å². The molecule has 1 aliphatic rings. The van der Waals surface area contributed by atoms with E-state index in [1.54, 1.807) is 12.1 Å². The van der Waals surface area contributed by atoms with Gasteiger partial charge in [0, 0.05) is 13.1 Å². The summed E-state index contributed by atoms with van der Waals surface area (Å²) in [6, 6.07) is 9.13. The standard InChI is InChI=1S/C16H25N3O3S/c17-16(20)15-8-4-10-19(12-15)11-5-9-18-23(21,22)13-14-6-2-1-3-7-14/h1-3,6-7,15,18H,4-5,8-13H2,(H2,17,20). The van der Waals surface area contributed by atoms with Crippen molar-refractivity contribution in [2.24, 2.45) is 11.7 Å². The van der Waals surface area contributed by atoms with Crippen molar-refractivity contribution in [1.29, 1.82) is 0 Å². The second-order valence-electron chi connectivity index (χ2n) is 6.03. The number of nitrogens with zero attached hydrogens (tertiary/aromatic N) is 1. The van der Waals surface area contributed by atoms with Crippen molar-refractivity contribution in [2.45, 2.75) is 25.0 Å². The fourth-order valence-electron chi connectivity index (χ4n) is 2.87. The quantitative estimate of drug-likeness (QED) is 0.682. The van der Waals surface area contributed by atoms with Gasteiger partial charge in [-0.3, -0.25) is 4.79 Å². The van der Waals surface area contributed by atoms with Crippen molar-refractivity contribution in [2.75, 3.05) is 26.2 Å². The number of amides is 1. The molecule has 6 nitrogen and oxygen atoms in total. The van der Waals surface area contributed by atoms with E-state index >= 15 is 0 Å². The van der Waals surface area contributed by atoms with Gasteiger partial charge in [-0.2, -0.15) is 0 Å². The Labute approximate surface area is 138 Å². The first-order valence-electron chi connectivity index (χ1n) is 7.99. The Morgan fingerprint density at radius 2 is 2.04 bits per heavy atom. The Bertz CT molecular complexity index is 604. The third-order valence-electron chi connectivity index (χ3n) is 4.08. The number of hydrogen-bond acceptors (Lipinski definition) is 4. The van der Waals surface area contributed by atoms with Gasteiger partial charge in [0.1, 0.15) is 0 Å². The summed E-state index contributed by atoms with van der Waals surface area (Å²) in [4.78, 5) is 13.4. The fourth-order valence-corrected chi connectivity index (χ4v) is 4.05. The second-order valence-corrected chi connectivity index (χ2v) is 7.84. The Morgan fingerprint density at radius 1 is 1.30 bits per heavy atom. The maximum atomic E-state index is 12.0. The zero-order chi connectivity index (χ0) is 16.7.